The Hall–Kier alpha value is -1.46. The number of carbonyl (C=O) groups is 1. The number of rotatable bonds is 4. The zero-order valence-electron chi connectivity index (χ0n) is 12.0. The molecule has 20 heavy (non-hydrogen) atoms. The van der Waals surface area contributed by atoms with Gasteiger partial charge in [-0.1, -0.05) is 6.07 Å². The molecule has 0 aliphatic carbocycles. The number of hydrogen-bond donors (Lipinski definition) is 1. The van der Waals surface area contributed by atoms with Gasteiger partial charge in [0.2, 0.25) is 0 Å². The molecule has 1 aliphatic rings. The van der Waals surface area contributed by atoms with E-state index in [0.29, 0.717) is 18.2 Å². The summed E-state index contributed by atoms with van der Waals surface area (Å²) in [6.07, 6.45) is 2.17. The van der Waals surface area contributed by atoms with Gasteiger partial charge in [0.25, 0.3) is 0 Å². The average Bonchev–Trinajstić information content (AvgIpc) is 2.41. The van der Waals surface area contributed by atoms with Gasteiger partial charge in [-0.2, -0.15) is 0 Å². The summed E-state index contributed by atoms with van der Waals surface area (Å²) < 4.78 is 13.9. The van der Waals surface area contributed by atoms with Gasteiger partial charge in [0.15, 0.2) is 0 Å². The van der Waals surface area contributed by atoms with Crippen LogP contribution in [-0.2, 0) is 6.54 Å². The summed E-state index contributed by atoms with van der Waals surface area (Å²) in [6, 6.07) is 4.75. The molecule has 1 saturated heterocycles. The number of piperidine rings is 1. The second kappa shape index (κ2) is 6.33. The lowest BCUT2D eigenvalue weighted by Crippen LogP contribution is -2.41. The van der Waals surface area contributed by atoms with E-state index < -0.39 is 11.8 Å². The third-order valence-electron chi connectivity index (χ3n) is 3.98. The lowest BCUT2D eigenvalue weighted by molar-refractivity contribution is 0.0696. The number of aromatic carboxylic acids is 1. The quantitative estimate of drug-likeness (QED) is 0.916. The molecule has 110 valence electrons. The summed E-state index contributed by atoms with van der Waals surface area (Å²) in [6.45, 7) is 2.44. The average molecular weight is 280 g/mol. The fraction of sp³-hybridized carbons (Fsp3) is 0.533. The van der Waals surface area contributed by atoms with E-state index in [1.165, 1.54) is 6.07 Å². The highest BCUT2D eigenvalue weighted by Gasteiger charge is 2.21. The van der Waals surface area contributed by atoms with E-state index in [4.69, 9.17) is 5.11 Å². The predicted molar refractivity (Wildman–Crippen MR) is 75.3 cm³/mol. The van der Waals surface area contributed by atoms with E-state index in [1.54, 1.807) is 6.07 Å². The molecule has 0 atom stereocenters. The monoisotopic (exact) mass is 280 g/mol. The van der Waals surface area contributed by atoms with Crippen molar-refractivity contribution in [2.45, 2.75) is 25.4 Å². The fourth-order valence-electron chi connectivity index (χ4n) is 2.64. The summed E-state index contributed by atoms with van der Waals surface area (Å²) in [7, 11) is 4.18. The molecule has 1 aliphatic heterocycles. The van der Waals surface area contributed by atoms with Crippen molar-refractivity contribution in [1.82, 2.24) is 9.80 Å². The Morgan fingerprint density at radius 1 is 1.40 bits per heavy atom. The van der Waals surface area contributed by atoms with Gasteiger partial charge in [0.05, 0.1) is 5.56 Å². The van der Waals surface area contributed by atoms with Crippen LogP contribution in [0.2, 0.25) is 0 Å². The van der Waals surface area contributed by atoms with Crippen LogP contribution in [0.5, 0.6) is 0 Å². The van der Waals surface area contributed by atoms with Gasteiger partial charge in [-0.3, -0.25) is 4.90 Å². The van der Waals surface area contributed by atoms with E-state index >= 15 is 0 Å². The van der Waals surface area contributed by atoms with Gasteiger partial charge in [0.1, 0.15) is 5.82 Å². The Kier molecular flexibility index (Phi) is 4.73. The summed E-state index contributed by atoms with van der Waals surface area (Å²) >= 11 is 0. The third-order valence-corrected chi connectivity index (χ3v) is 3.98. The molecule has 0 bridgehead atoms. The number of likely N-dealkylation sites (tertiary alicyclic amines) is 1. The molecule has 0 aromatic heterocycles. The minimum Gasteiger partial charge on any atom is -0.478 e. The largest absolute Gasteiger partial charge is 0.478 e. The molecule has 5 heteroatoms. The number of benzene rings is 1. The van der Waals surface area contributed by atoms with Crippen LogP contribution in [0.15, 0.2) is 18.2 Å². The standard InChI is InChI=1S/C15H21FN2O2/c1-17(2)13-5-7-18(8-6-13)10-12-4-3-11(15(19)20)9-14(12)16/h3-4,9,13H,5-8,10H2,1-2H3,(H,19,20). The van der Waals surface area contributed by atoms with E-state index in [2.05, 4.69) is 23.9 Å². The van der Waals surface area contributed by atoms with Crippen molar-refractivity contribution in [3.63, 3.8) is 0 Å². The molecule has 1 aromatic carbocycles. The van der Waals surface area contributed by atoms with Crippen molar-refractivity contribution in [1.29, 1.82) is 0 Å². The molecule has 0 radical (unpaired) electrons. The number of hydrogen-bond acceptors (Lipinski definition) is 3. The maximum atomic E-state index is 13.9. The first-order chi connectivity index (χ1) is 9.47. The zero-order chi connectivity index (χ0) is 14.7. The van der Waals surface area contributed by atoms with Crippen LogP contribution in [0, 0.1) is 5.82 Å². The highest BCUT2D eigenvalue weighted by Crippen LogP contribution is 2.18. The van der Waals surface area contributed by atoms with E-state index in [0.717, 1.165) is 32.0 Å². The van der Waals surface area contributed by atoms with Gasteiger partial charge >= 0.3 is 5.97 Å². The van der Waals surface area contributed by atoms with Gasteiger partial charge in [-0.25, -0.2) is 9.18 Å². The predicted octanol–water partition coefficient (Wildman–Crippen LogP) is 2.05. The molecule has 0 amide bonds. The number of nitrogens with zero attached hydrogens (tertiary/aromatic N) is 2. The first-order valence-electron chi connectivity index (χ1n) is 6.88. The Balaban J connectivity index is 1.96. The van der Waals surface area contributed by atoms with Crippen LogP contribution in [0.1, 0.15) is 28.8 Å². The van der Waals surface area contributed by atoms with Crippen molar-refractivity contribution < 1.29 is 14.3 Å². The molecule has 4 nitrogen and oxygen atoms in total. The van der Waals surface area contributed by atoms with E-state index in [-0.39, 0.29) is 5.56 Å². The Morgan fingerprint density at radius 3 is 2.55 bits per heavy atom. The third kappa shape index (κ3) is 3.55. The molecule has 0 saturated carbocycles. The SMILES string of the molecule is CN(C)C1CCN(Cc2ccc(C(=O)O)cc2F)CC1. The second-order valence-corrected chi connectivity index (χ2v) is 5.58. The van der Waals surface area contributed by atoms with Crippen LogP contribution in [0.25, 0.3) is 0 Å². The van der Waals surface area contributed by atoms with E-state index in [1.807, 2.05) is 0 Å². The van der Waals surface area contributed by atoms with Crippen LogP contribution >= 0.6 is 0 Å². The zero-order valence-corrected chi connectivity index (χ0v) is 12.0. The maximum absolute atomic E-state index is 13.9. The Morgan fingerprint density at radius 2 is 2.05 bits per heavy atom. The first-order valence-corrected chi connectivity index (χ1v) is 6.88. The van der Waals surface area contributed by atoms with Crippen LogP contribution < -0.4 is 0 Å². The normalized spacial score (nSPS) is 17.6. The van der Waals surface area contributed by atoms with E-state index in [9.17, 15) is 9.18 Å². The molecule has 1 N–H and O–H groups in total. The first kappa shape index (κ1) is 14.9. The molecule has 0 unspecified atom stereocenters. The molecular formula is C15H21FN2O2. The van der Waals surface area contributed by atoms with Crippen molar-refractivity contribution in [2.75, 3.05) is 27.2 Å². The molecule has 1 heterocycles. The summed E-state index contributed by atoms with van der Waals surface area (Å²) in [5.74, 6) is -1.53. The highest BCUT2D eigenvalue weighted by atomic mass is 19.1. The van der Waals surface area contributed by atoms with Crippen LogP contribution in [0.3, 0.4) is 0 Å². The second-order valence-electron chi connectivity index (χ2n) is 5.58. The number of carboxylic acids is 1. The Bertz CT molecular complexity index is 483. The summed E-state index contributed by atoms with van der Waals surface area (Å²) in [5, 5.41) is 8.82. The highest BCUT2D eigenvalue weighted by molar-refractivity contribution is 5.87. The molecule has 1 aromatic rings. The minimum absolute atomic E-state index is 0.00225. The number of halogens is 1. The molecule has 0 spiro atoms. The topological polar surface area (TPSA) is 43.8 Å². The lowest BCUT2D eigenvalue weighted by Gasteiger charge is -2.35. The van der Waals surface area contributed by atoms with Crippen molar-refractivity contribution in [3.8, 4) is 0 Å². The summed E-state index contributed by atoms with van der Waals surface area (Å²) in [4.78, 5) is 15.2. The Labute approximate surface area is 118 Å². The minimum atomic E-state index is -1.10. The van der Waals surface area contributed by atoms with Crippen molar-refractivity contribution in [2.24, 2.45) is 0 Å². The maximum Gasteiger partial charge on any atom is 0.335 e. The van der Waals surface area contributed by atoms with Crippen molar-refractivity contribution >= 4 is 5.97 Å². The van der Waals surface area contributed by atoms with Gasteiger partial charge < -0.3 is 10.0 Å². The molecular weight excluding hydrogens is 259 g/mol. The summed E-state index contributed by atoms with van der Waals surface area (Å²) in [5.41, 5.74) is 0.566. The molecule has 1 fully saturated rings. The lowest BCUT2D eigenvalue weighted by atomic mass is 10.0. The number of carboxylic acid groups (broad SMARTS) is 1. The van der Waals surface area contributed by atoms with Gasteiger partial charge in [-0.15, -0.1) is 0 Å². The van der Waals surface area contributed by atoms with Crippen molar-refractivity contribution in [3.05, 3.63) is 35.1 Å². The van der Waals surface area contributed by atoms with Crippen LogP contribution in [-0.4, -0.2) is 54.1 Å². The fourth-order valence-corrected chi connectivity index (χ4v) is 2.64. The molecule has 2 rings (SSSR count). The van der Waals surface area contributed by atoms with Crippen LogP contribution in [0.4, 0.5) is 4.39 Å². The van der Waals surface area contributed by atoms with Gasteiger partial charge in [0, 0.05) is 18.2 Å². The smallest absolute Gasteiger partial charge is 0.335 e. The van der Waals surface area contributed by atoms with Gasteiger partial charge in [-0.05, 0) is 52.2 Å².